The zero-order chi connectivity index (χ0) is 7.49. The van der Waals surface area contributed by atoms with Crippen molar-refractivity contribution in [3.63, 3.8) is 0 Å². The Balaban J connectivity index is 4.36. The highest BCUT2D eigenvalue weighted by atomic mass is 32.2. The lowest BCUT2D eigenvalue weighted by atomic mass is 10.5. The second kappa shape index (κ2) is 2.88. The van der Waals surface area contributed by atoms with Crippen LogP contribution in [0, 0.1) is 11.8 Å². The maximum atomic E-state index is 10.6. The van der Waals surface area contributed by atoms with Crippen molar-refractivity contribution in [2.45, 2.75) is 19.1 Å². The Hall–Kier alpha value is -0.490. The molecule has 1 unspecified atom stereocenters. The summed E-state index contributed by atoms with van der Waals surface area (Å²) in [6, 6.07) is 0. The lowest BCUT2D eigenvalue weighted by Crippen LogP contribution is -2.12. The van der Waals surface area contributed by atoms with Gasteiger partial charge in [0.25, 0.3) is 0 Å². The van der Waals surface area contributed by atoms with Crippen molar-refractivity contribution in [2.24, 2.45) is 0 Å². The minimum atomic E-state index is -2.94. The van der Waals surface area contributed by atoms with E-state index < -0.39 is 15.1 Å². The minimum absolute atomic E-state index is 0.525. The molecule has 0 radical (unpaired) electrons. The van der Waals surface area contributed by atoms with Crippen molar-refractivity contribution >= 4 is 9.84 Å². The molecule has 0 aromatic heterocycles. The summed E-state index contributed by atoms with van der Waals surface area (Å²) in [5.74, 6) is 5.09. The van der Waals surface area contributed by atoms with Crippen LogP contribution < -0.4 is 0 Å². The number of hydrogen-bond donors (Lipinski definition) is 0. The van der Waals surface area contributed by atoms with Crippen molar-refractivity contribution in [1.82, 2.24) is 0 Å². The summed E-state index contributed by atoms with van der Waals surface area (Å²) < 4.78 is 21.2. The van der Waals surface area contributed by atoms with Gasteiger partial charge < -0.3 is 0 Å². The Bertz CT molecular complexity index is 228. The molecule has 2 nitrogen and oxygen atoms in total. The van der Waals surface area contributed by atoms with Gasteiger partial charge in [-0.2, -0.15) is 0 Å². The molecule has 0 spiro atoms. The third kappa shape index (κ3) is 3.15. The first-order valence-electron chi connectivity index (χ1n) is 2.59. The van der Waals surface area contributed by atoms with E-state index in [4.69, 9.17) is 0 Å². The predicted octanol–water partition coefficient (Wildman–Crippen LogP) is 0.443. The monoisotopic (exact) mass is 146 g/mol. The molecule has 0 aliphatic carbocycles. The summed E-state index contributed by atoms with van der Waals surface area (Å²) in [5.41, 5.74) is 0. The Morgan fingerprint density at radius 3 is 2.00 bits per heavy atom. The molecular weight excluding hydrogens is 136 g/mol. The molecule has 0 saturated heterocycles. The van der Waals surface area contributed by atoms with Gasteiger partial charge in [-0.3, -0.25) is 0 Å². The first kappa shape index (κ1) is 8.51. The van der Waals surface area contributed by atoms with Crippen LogP contribution in [-0.2, 0) is 9.84 Å². The fourth-order valence-corrected chi connectivity index (χ4v) is 0.642. The normalized spacial score (nSPS) is 13.7. The summed E-state index contributed by atoms with van der Waals surface area (Å²) in [5, 5.41) is -0.525. The predicted molar refractivity (Wildman–Crippen MR) is 37.8 cm³/mol. The number of sulfone groups is 1. The van der Waals surface area contributed by atoms with Crippen molar-refractivity contribution in [2.75, 3.05) is 6.26 Å². The molecule has 0 rings (SSSR count). The maximum absolute atomic E-state index is 10.6. The molecular formula is C6H10O2S. The van der Waals surface area contributed by atoms with E-state index in [0.29, 0.717) is 0 Å². The molecule has 1 atom stereocenters. The number of hydrogen-bond acceptors (Lipinski definition) is 2. The molecule has 0 aromatic rings. The van der Waals surface area contributed by atoms with Crippen LogP contribution in [0.15, 0.2) is 0 Å². The van der Waals surface area contributed by atoms with Gasteiger partial charge in [-0.25, -0.2) is 8.42 Å². The van der Waals surface area contributed by atoms with Gasteiger partial charge in [-0.05, 0) is 13.8 Å². The van der Waals surface area contributed by atoms with Gasteiger partial charge >= 0.3 is 0 Å². The van der Waals surface area contributed by atoms with Gasteiger partial charge in [0.15, 0.2) is 9.84 Å². The van der Waals surface area contributed by atoms with E-state index in [9.17, 15) is 8.42 Å². The molecule has 0 aromatic carbocycles. The Kier molecular flexibility index (Phi) is 2.72. The van der Waals surface area contributed by atoms with Crippen molar-refractivity contribution < 1.29 is 8.42 Å². The molecule has 0 aliphatic heterocycles. The van der Waals surface area contributed by atoms with Crippen LogP contribution in [0.3, 0.4) is 0 Å². The van der Waals surface area contributed by atoms with Crippen LogP contribution in [0.2, 0.25) is 0 Å². The molecule has 0 heterocycles. The molecule has 0 saturated carbocycles. The topological polar surface area (TPSA) is 34.1 Å². The second-order valence-electron chi connectivity index (χ2n) is 1.87. The second-order valence-corrected chi connectivity index (χ2v) is 4.23. The van der Waals surface area contributed by atoms with Crippen LogP contribution >= 0.6 is 0 Å². The summed E-state index contributed by atoms with van der Waals surface area (Å²) >= 11 is 0. The van der Waals surface area contributed by atoms with Gasteiger partial charge in [-0.1, -0.05) is 5.92 Å². The van der Waals surface area contributed by atoms with Gasteiger partial charge in [0.05, 0.1) is 0 Å². The standard InChI is InChI=1S/C6H10O2S/c1-4-5-6(2)9(3,7)8/h6H,1-3H3. The van der Waals surface area contributed by atoms with E-state index in [2.05, 4.69) is 11.8 Å². The van der Waals surface area contributed by atoms with Crippen LogP contribution in [0.5, 0.6) is 0 Å². The van der Waals surface area contributed by atoms with Crippen LogP contribution in [0.25, 0.3) is 0 Å². The Morgan fingerprint density at radius 2 is 1.89 bits per heavy atom. The lowest BCUT2D eigenvalue weighted by molar-refractivity contribution is 0.598. The van der Waals surface area contributed by atoms with Crippen molar-refractivity contribution in [1.29, 1.82) is 0 Å². The fourth-order valence-electron chi connectivity index (χ4n) is 0.310. The van der Waals surface area contributed by atoms with E-state index in [-0.39, 0.29) is 0 Å². The maximum Gasteiger partial charge on any atom is 0.161 e. The summed E-state index contributed by atoms with van der Waals surface area (Å²) in [4.78, 5) is 0. The molecule has 0 amide bonds. The molecule has 0 fully saturated rings. The van der Waals surface area contributed by atoms with Gasteiger partial charge in [-0.15, -0.1) is 5.92 Å². The van der Waals surface area contributed by atoms with Crippen molar-refractivity contribution in [3.8, 4) is 11.8 Å². The average Bonchev–Trinajstić information content (AvgIpc) is 1.64. The largest absolute Gasteiger partial charge is 0.228 e. The minimum Gasteiger partial charge on any atom is -0.228 e. The Morgan fingerprint density at radius 1 is 1.44 bits per heavy atom. The molecule has 9 heavy (non-hydrogen) atoms. The van der Waals surface area contributed by atoms with Gasteiger partial charge in [0.2, 0.25) is 0 Å². The molecule has 0 aliphatic rings. The van der Waals surface area contributed by atoms with Crippen LogP contribution in [-0.4, -0.2) is 19.9 Å². The Labute approximate surface area is 56.2 Å². The SMILES string of the molecule is CC#CC(C)S(C)(=O)=O. The van der Waals surface area contributed by atoms with Crippen LogP contribution in [0.1, 0.15) is 13.8 Å². The van der Waals surface area contributed by atoms with E-state index in [1.165, 1.54) is 6.26 Å². The zero-order valence-electron chi connectivity index (χ0n) is 5.80. The third-order valence-corrected chi connectivity index (χ3v) is 2.39. The molecule has 0 N–H and O–H groups in total. The summed E-state index contributed by atoms with van der Waals surface area (Å²) in [6.45, 7) is 3.20. The van der Waals surface area contributed by atoms with E-state index in [1.807, 2.05) is 0 Å². The number of rotatable bonds is 1. The van der Waals surface area contributed by atoms with Gasteiger partial charge in [0.1, 0.15) is 5.25 Å². The molecule has 0 bridgehead atoms. The lowest BCUT2D eigenvalue weighted by Gasteiger charge is -1.96. The van der Waals surface area contributed by atoms with E-state index in [1.54, 1.807) is 13.8 Å². The smallest absolute Gasteiger partial charge is 0.161 e. The first-order valence-corrected chi connectivity index (χ1v) is 4.55. The highest BCUT2D eigenvalue weighted by Crippen LogP contribution is 1.93. The summed E-state index contributed by atoms with van der Waals surface area (Å²) in [7, 11) is -2.94. The van der Waals surface area contributed by atoms with Gasteiger partial charge in [0, 0.05) is 6.26 Å². The quantitative estimate of drug-likeness (QED) is 0.503. The zero-order valence-corrected chi connectivity index (χ0v) is 6.62. The molecule has 52 valence electrons. The first-order chi connectivity index (χ1) is 3.98. The van der Waals surface area contributed by atoms with E-state index >= 15 is 0 Å². The van der Waals surface area contributed by atoms with Crippen LogP contribution in [0.4, 0.5) is 0 Å². The average molecular weight is 146 g/mol. The highest BCUT2D eigenvalue weighted by molar-refractivity contribution is 7.91. The summed E-state index contributed by atoms with van der Waals surface area (Å²) in [6.07, 6.45) is 1.18. The van der Waals surface area contributed by atoms with Crippen molar-refractivity contribution in [3.05, 3.63) is 0 Å². The fraction of sp³-hybridized carbons (Fsp3) is 0.667. The third-order valence-electron chi connectivity index (χ3n) is 0.990. The highest BCUT2D eigenvalue weighted by Gasteiger charge is 2.09. The molecule has 3 heteroatoms. The van der Waals surface area contributed by atoms with E-state index in [0.717, 1.165) is 0 Å².